The van der Waals surface area contributed by atoms with Crippen LogP contribution in [0.2, 0.25) is 0 Å². The minimum Gasteiger partial charge on any atom is -0.389 e. The molecule has 0 spiro atoms. The van der Waals surface area contributed by atoms with Gasteiger partial charge in [0.15, 0.2) is 0 Å². The molecule has 174 valence electrons. The number of ether oxygens (including phenoxy) is 1. The number of aliphatic hydroxyl groups excluding tert-OH is 2. The SMILES string of the molecule is CO[C@H]1Cc2ccccc2[C@H]1Nc1ncnc(N[C@@H]2C[C@@H](N(C)S(=O)(=O)O)[C@@H](O)[C@H]2O)n1. The van der Waals surface area contributed by atoms with E-state index in [0.717, 1.165) is 19.0 Å². The lowest BCUT2D eigenvalue weighted by molar-refractivity contribution is 0.0153. The van der Waals surface area contributed by atoms with Crippen molar-refractivity contribution < 1.29 is 27.9 Å². The zero-order chi connectivity index (χ0) is 23.0. The second kappa shape index (κ2) is 8.84. The number of benzene rings is 1. The average Bonchev–Trinajstić information content (AvgIpc) is 3.25. The van der Waals surface area contributed by atoms with Crippen LogP contribution in [0.3, 0.4) is 0 Å². The summed E-state index contributed by atoms with van der Waals surface area (Å²) in [4.78, 5) is 12.6. The first kappa shape index (κ1) is 22.8. The summed E-state index contributed by atoms with van der Waals surface area (Å²) in [6.07, 6.45) is -0.679. The summed E-state index contributed by atoms with van der Waals surface area (Å²) >= 11 is 0. The minimum atomic E-state index is -4.52. The third kappa shape index (κ3) is 4.40. The molecule has 0 saturated heterocycles. The summed E-state index contributed by atoms with van der Waals surface area (Å²) < 4.78 is 38.3. The molecule has 4 rings (SSSR count). The van der Waals surface area contributed by atoms with E-state index in [-0.39, 0.29) is 24.5 Å². The lowest BCUT2D eigenvalue weighted by atomic mass is 10.1. The van der Waals surface area contributed by atoms with Gasteiger partial charge in [0.05, 0.1) is 30.3 Å². The average molecular weight is 467 g/mol. The zero-order valence-electron chi connectivity index (χ0n) is 17.5. The van der Waals surface area contributed by atoms with E-state index in [4.69, 9.17) is 4.74 Å². The molecule has 0 amide bonds. The predicted molar refractivity (Wildman–Crippen MR) is 114 cm³/mol. The summed E-state index contributed by atoms with van der Waals surface area (Å²) in [5.41, 5.74) is 2.28. The second-order valence-electron chi connectivity index (χ2n) is 7.96. The Kier molecular flexibility index (Phi) is 6.29. The van der Waals surface area contributed by atoms with Gasteiger partial charge in [-0.15, -0.1) is 0 Å². The zero-order valence-corrected chi connectivity index (χ0v) is 18.3. The first-order valence-electron chi connectivity index (χ1n) is 10.1. The van der Waals surface area contributed by atoms with Crippen molar-refractivity contribution in [3.63, 3.8) is 0 Å². The molecule has 1 saturated carbocycles. The molecule has 32 heavy (non-hydrogen) atoms. The maximum atomic E-state index is 11.4. The van der Waals surface area contributed by atoms with E-state index in [0.29, 0.717) is 10.3 Å². The van der Waals surface area contributed by atoms with Gasteiger partial charge < -0.3 is 25.6 Å². The smallest absolute Gasteiger partial charge is 0.335 e. The van der Waals surface area contributed by atoms with E-state index in [1.165, 1.54) is 11.9 Å². The van der Waals surface area contributed by atoms with Crippen LogP contribution in [0.15, 0.2) is 30.6 Å². The fourth-order valence-corrected chi connectivity index (χ4v) is 4.93. The van der Waals surface area contributed by atoms with E-state index < -0.39 is 34.6 Å². The maximum Gasteiger partial charge on any atom is 0.335 e. The molecule has 12 nitrogen and oxygen atoms in total. The van der Waals surface area contributed by atoms with Gasteiger partial charge in [-0.05, 0) is 17.5 Å². The highest BCUT2D eigenvalue weighted by atomic mass is 32.2. The first-order chi connectivity index (χ1) is 15.2. The molecule has 2 aliphatic carbocycles. The number of rotatable bonds is 7. The van der Waals surface area contributed by atoms with Gasteiger partial charge >= 0.3 is 10.3 Å². The molecule has 1 heterocycles. The van der Waals surface area contributed by atoms with Gasteiger partial charge in [-0.2, -0.15) is 17.7 Å². The number of hydrogen-bond donors (Lipinski definition) is 5. The largest absolute Gasteiger partial charge is 0.389 e. The Hall–Kier alpha value is -2.42. The van der Waals surface area contributed by atoms with Gasteiger partial charge in [-0.3, -0.25) is 4.55 Å². The van der Waals surface area contributed by atoms with Crippen LogP contribution < -0.4 is 10.6 Å². The minimum absolute atomic E-state index is 0.0365. The quantitative estimate of drug-likeness (QED) is 0.337. The highest BCUT2D eigenvalue weighted by Crippen LogP contribution is 2.35. The highest BCUT2D eigenvalue weighted by molar-refractivity contribution is 7.83. The Balaban J connectivity index is 1.48. The summed E-state index contributed by atoms with van der Waals surface area (Å²) in [5.74, 6) is 0.444. The van der Waals surface area contributed by atoms with E-state index in [2.05, 4.69) is 31.7 Å². The molecular formula is C19H26N6O6S. The molecule has 1 fully saturated rings. The Morgan fingerprint density at radius 1 is 1.12 bits per heavy atom. The van der Waals surface area contributed by atoms with Crippen molar-refractivity contribution in [1.29, 1.82) is 0 Å². The van der Waals surface area contributed by atoms with E-state index in [1.807, 2.05) is 18.2 Å². The topological polar surface area (TPSA) is 170 Å². The molecule has 0 unspecified atom stereocenters. The summed E-state index contributed by atoms with van der Waals surface area (Å²) in [6, 6.07) is 6.11. The normalized spacial score (nSPS) is 29.8. The van der Waals surface area contributed by atoms with Gasteiger partial charge in [0.2, 0.25) is 11.9 Å². The van der Waals surface area contributed by atoms with E-state index >= 15 is 0 Å². The molecule has 6 atom stereocenters. The van der Waals surface area contributed by atoms with Gasteiger partial charge in [-0.25, -0.2) is 9.97 Å². The molecule has 0 radical (unpaired) electrons. The monoisotopic (exact) mass is 466 g/mol. The lowest BCUT2D eigenvalue weighted by Gasteiger charge is -2.23. The van der Waals surface area contributed by atoms with Crippen molar-refractivity contribution in [2.45, 2.75) is 49.3 Å². The van der Waals surface area contributed by atoms with E-state index in [1.54, 1.807) is 7.11 Å². The van der Waals surface area contributed by atoms with Crippen LogP contribution in [0.25, 0.3) is 0 Å². The van der Waals surface area contributed by atoms with Crippen molar-refractivity contribution in [3.05, 3.63) is 41.7 Å². The van der Waals surface area contributed by atoms with Crippen LogP contribution in [0, 0.1) is 0 Å². The standard InChI is InChI=1S/C19H26N6O6S/c1-25(32(28,29)30)13-8-12(16(26)17(13)27)22-18-20-9-21-19(24-18)23-15-11-6-4-3-5-10(11)7-14(15)31-2/h3-6,9,12-17,26-27H,7-8H2,1-2H3,(H,28,29,30)(H2,20,21,22,23,24)/t12-,13-,14+,15-,16+,17-/m1/s1. The van der Waals surface area contributed by atoms with Crippen molar-refractivity contribution in [2.75, 3.05) is 24.8 Å². The van der Waals surface area contributed by atoms with Gasteiger partial charge in [-0.1, -0.05) is 24.3 Å². The van der Waals surface area contributed by atoms with E-state index in [9.17, 15) is 23.2 Å². The molecular weight excluding hydrogens is 440 g/mol. The van der Waals surface area contributed by atoms with Crippen molar-refractivity contribution in [1.82, 2.24) is 19.3 Å². The Labute approximate surface area is 185 Å². The highest BCUT2D eigenvalue weighted by Gasteiger charge is 2.46. The van der Waals surface area contributed by atoms with Crippen LogP contribution in [0.5, 0.6) is 0 Å². The number of hydrogen-bond acceptors (Lipinski definition) is 10. The van der Waals surface area contributed by atoms with Crippen LogP contribution in [0.4, 0.5) is 11.9 Å². The third-order valence-electron chi connectivity index (χ3n) is 6.14. The number of nitrogens with zero attached hydrogens (tertiary/aromatic N) is 4. The molecule has 0 bridgehead atoms. The Morgan fingerprint density at radius 3 is 2.50 bits per heavy atom. The van der Waals surface area contributed by atoms with Gasteiger partial charge in [0, 0.05) is 20.6 Å². The van der Waals surface area contributed by atoms with Crippen LogP contribution >= 0.6 is 0 Å². The number of methoxy groups -OCH3 is 1. The number of anilines is 2. The molecule has 13 heteroatoms. The van der Waals surface area contributed by atoms with Crippen molar-refractivity contribution >= 4 is 22.2 Å². The second-order valence-corrected chi connectivity index (χ2v) is 9.43. The summed E-state index contributed by atoms with van der Waals surface area (Å²) in [7, 11) is -1.73. The fraction of sp³-hybridized carbons (Fsp3) is 0.526. The Bertz CT molecular complexity index is 1070. The summed E-state index contributed by atoms with van der Waals surface area (Å²) in [5, 5.41) is 26.8. The maximum absolute atomic E-state index is 11.4. The van der Waals surface area contributed by atoms with Crippen LogP contribution in [0.1, 0.15) is 23.6 Å². The molecule has 1 aromatic carbocycles. The number of aliphatic hydroxyl groups is 2. The lowest BCUT2D eigenvalue weighted by Crippen LogP contribution is -2.44. The van der Waals surface area contributed by atoms with Crippen LogP contribution in [-0.4, -0.2) is 87.0 Å². The number of likely N-dealkylation sites (N-methyl/N-ethyl adjacent to an activating group) is 1. The molecule has 5 N–H and O–H groups in total. The molecule has 2 aliphatic rings. The molecule has 0 aliphatic heterocycles. The third-order valence-corrected chi connectivity index (χ3v) is 7.14. The molecule has 2 aromatic rings. The Morgan fingerprint density at radius 2 is 1.81 bits per heavy atom. The van der Waals surface area contributed by atoms with Gasteiger partial charge in [0.1, 0.15) is 12.4 Å². The van der Waals surface area contributed by atoms with Gasteiger partial charge in [0.25, 0.3) is 0 Å². The van der Waals surface area contributed by atoms with Crippen LogP contribution in [-0.2, 0) is 21.5 Å². The molecule has 1 aromatic heterocycles. The summed E-state index contributed by atoms with van der Waals surface area (Å²) in [6.45, 7) is 0. The number of nitrogens with one attached hydrogen (secondary N) is 2. The number of aromatic nitrogens is 3. The first-order valence-corrected chi connectivity index (χ1v) is 11.5. The predicted octanol–water partition coefficient (Wildman–Crippen LogP) is -0.395. The van der Waals surface area contributed by atoms with Crippen molar-refractivity contribution in [3.8, 4) is 0 Å². The van der Waals surface area contributed by atoms with Crippen molar-refractivity contribution in [2.24, 2.45) is 0 Å². The fourth-order valence-electron chi connectivity index (χ4n) is 4.37. The number of fused-ring (bicyclic) bond motifs is 1.